The highest BCUT2D eigenvalue weighted by atomic mass is 16.5. The first-order valence-corrected chi connectivity index (χ1v) is 7.93. The molecule has 4 nitrogen and oxygen atoms in total. The van der Waals surface area contributed by atoms with Crippen molar-refractivity contribution in [3.63, 3.8) is 0 Å². The van der Waals surface area contributed by atoms with E-state index in [-0.39, 0.29) is 0 Å². The summed E-state index contributed by atoms with van der Waals surface area (Å²) >= 11 is 0. The van der Waals surface area contributed by atoms with Crippen molar-refractivity contribution in [1.82, 2.24) is 9.55 Å². The summed E-state index contributed by atoms with van der Waals surface area (Å²) in [6, 6.07) is 6.52. The van der Waals surface area contributed by atoms with Crippen molar-refractivity contribution in [3.8, 4) is 5.75 Å². The Labute approximate surface area is 126 Å². The van der Waals surface area contributed by atoms with Gasteiger partial charge in [0.1, 0.15) is 5.75 Å². The lowest BCUT2D eigenvalue weighted by atomic mass is 9.77. The van der Waals surface area contributed by atoms with E-state index < -0.39 is 0 Å². The standard InChI is InChI=1S/C17H25N3O/c1-11(2)13-6-4-5-7-15(13)20-16-9-8-12(21-3)10-14(16)19-17(20)18/h8-11,13,15H,4-7H2,1-3H3,(H2,18,19). The van der Waals surface area contributed by atoms with E-state index in [9.17, 15) is 0 Å². The number of rotatable bonds is 3. The van der Waals surface area contributed by atoms with Gasteiger partial charge in [-0.3, -0.25) is 0 Å². The predicted molar refractivity (Wildman–Crippen MR) is 86.5 cm³/mol. The molecule has 2 N–H and O–H groups in total. The van der Waals surface area contributed by atoms with Gasteiger partial charge >= 0.3 is 0 Å². The SMILES string of the molecule is COc1ccc2c(c1)nc(N)n2C1CCCCC1C(C)C. The molecule has 0 aliphatic heterocycles. The van der Waals surface area contributed by atoms with Crippen LogP contribution in [0, 0.1) is 11.8 Å². The number of hydrogen-bond donors (Lipinski definition) is 1. The molecule has 0 amide bonds. The van der Waals surface area contributed by atoms with E-state index in [1.165, 1.54) is 25.7 Å². The summed E-state index contributed by atoms with van der Waals surface area (Å²) in [7, 11) is 1.68. The first kappa shape index (κ1) is 14.2. The molecule has 114 valence electrons. The van der Waals surface area contributed by atoms with Crippen LogP contribution in [-0.2, 0) is 0 Å². The molecule has 0 saturated heterocycles. The lowest BCUT2D eigenvalue weighted by Crippen LogP contribution is -2.27. The predicted octanol–water partition coefficient (Wildman–Crippen LogP) is 4.01. The van der Waals surface area contributed by atoms with Crippen molar-refractivity contribution in [2.45, 2.75) is 45.6 Å². The zero-order valence-corrected chi connectivity index (χ0v) is 13.2. The zero-order chi connectivity index (χ0) is 15.0. The van der Waals surface area contributed by atoms with Crippen molar-refractivity contribution in [2.75, 3.05) is 12.8 Å². The third kappa shape index (κ3) is 2.47. The number of nitrogen functional groups attached to an aromatic ring is 1. The van der Waals surface area contributed by atoms with Crippen LogP contribution < -0.4 is 10.5 Å². The topological polar surface area (TPSA) is 53.1 Å². The number of nitrogens with zero attached hydrogens (tertiary/aromatic N) is 2. The second kappa shape index (κ2) is 5.58. The Morgan fingerprint density at radius 3 is 2.76 bits per heavy atom. The minimum Gasteiger partial charge on any atom is -0.497 e. The molecule has 1 heterocycles. The molecule has 1 aliphatic carbocycles. The van der Waals surface area contributed by atoms with Gasteiger partial charge < -0.3 is 15.0 Å². The number of imidazole rings is 1. The van der Waals surface area contributed by atoms with E-state index >= 15 is 0 Å². The molecule has 4 heteroatoms. The fourth-order valence-electron chi connectivity index (χ4n) is 3.81. The summed E-state index contributed by atoms with van der Waals surface area (Å²) in [4.78, 5) is 4.55. The average molecular weight is 287 g/mol. The number of nitrogens with two attached hydrogens (primary N) is 1. The van der Waals surface area contributed by atoms with Crippen molar-refractivity contribution >= 4 is 17.0 Å². The fourth-order valence-corrected chi connectivity index (χ4v) is 3.81. The fraction of sp³-hybridized carbons (Fsp3) is 0.588. The normalized spacial score (nSPS) is 22.9. The van der Waals surface area contributed by atoms with E-state index in [0.29, 0.717) is 23.8 Å². The first-order valence-electron chi connectivity index (χ1n) is 7.93. The van der Waals surface area contributed by atoms with Crippen LogP contribution in [0.2, 0.25) is 0 Å². The third-order valence-corrected chi connectivity index (χ3v) is 4.89. The molecule has 1 saturated carbocycles. The number of hydrogen-bond acceptors (Lipinski definition) is 3. The van der Waals surface area contributed by atoms with Crippen LogP contribution in [0.3, 0.4) is 0 Å². The van der Waals surface area contributed by atoms with Gasteiger partial charge in [-0.2, -0.15) is 0 Å². The maximum Gasteiger partial charge on any atom is 0.201 e. The highest BCUT2D eigenvalue weighted by Gasteiger charge is 2.31. The minimum atomic E-state index is 0.470. The Morgan fingerprint density at radius 2 is 2.05 bits per heavy atom. The molecule has 3 rings (SSSR count). The molecule has 0 bridgehead atoms. The van der Waals surface area contributed by atoms with Crippen molar-refractivity contribution in [1.29, 1.82) is 0 Å². The van der Waals surface area contributed by atoms with Crippen molar-refractivity contribution < 1.29 is 4.74 Å². The van der Waals surface area contributed by atoms with E-state index in [1.54, 1.807) is 7.11 Å². The second-order valence-corrected chi connectivity index (χ2v) is 6.45. The van der Waals surface area contributed by atoms with Crippen LogP contribution in [0.25, 0.3) is 11.0 Å². The Balaban J connectivity index is 2.08. The Hall–Kier alpha value is -1.71. The van der Waals surface area contributed by atoms with Gasteiger partial charge in [0.05, 0.1) is 18.1 Å². The molecule has 1 aromatic carbocycles. The number of methoxy groups -OCH3 is 1. The summed E-state index contributed by atoms with van der Waals surface area (Å²) in [6.07, 6.45) is 5.10. The largest absolute Gasteiger partial charge is 0.497 e. The van der Waals surface area contributed by atoms with Crippen LogP contribution in [-0.4, -0.2) is 16.7 Å². The minimum absolute atomic E-state index is 0.470. The van der Waals surface area contributed by atoms with E-state index in [4.69, 9.17) is 10.5 Å². The Bertz CT molecular complexity index is 632. The van der Waals surface area contributed by atoms with Gasteiger partial charge in [-0.15, -0.1) is 0 Å². The second-order valence-electron chi connectivity index (χ2n) is 6.45. The quantitative estimate of drug-likeness (QED) is 0.927. The molecular weight excluding hydrogens is 262 g/mol. The van der Waals surface area contributed by atoms with Crippen molar-refractivity contribution in [2.24, 2.45) is 11.8 Å². The van der Waals surface area contributed by atoms with Crippen LogP contribution in [0.1, 0.15) is 45.6 Å². The lowest BCUT2D eigenvalue weighted by Gasteiger charge is -2.36. The summed E-state index contributed by atoms with van der Waals surface area (Å²) in [5, 5.41) is 0. The third-order valence-electron chi connectivity index (χ3n) is 4.89. The molecule has 0 radical (unpaired) electrons. The van der Waals surface area contributed by atoms with Gasteiger partial charge in [-0.1, -0.05) is 26.7 Å². The molecule has 1 aromatic heterocycles. The van der Waals surface area contributed by atoms with E-state index in [2.05, 4.69) is 29.5 Å². The van der Waals surface area contributed by atoms with Crippen molar-refractivity contribution in [3.05, 3.63) is 18.2 Å². The van der Waals surface area contributed by atoms with E-state index in [0.717, 1.165) is 16.8 Å². The van der Waals surface area contributed by atoms with Gasteiger partial charge in [0.25, 0.3) is 0 Å². The molecule has 1 fully saturated rings. The highest BCUT2D eigenvalue weighted by molar-refractivity contribution is 5.80. The van der Waals surface area contributed by atoms with Crippen LogP contribution in [0.5, 0.6) is 5.75 Å². The molecule has 2 aromatic rings. The molecule has 2 unspecified atom stereocenters. The summed E-state index contributed by atoms with van der Waals surface area (Å²) in [6.45, 7) is 4.64. The number of fused-ring (bicyclic) bond motifs is 1. The van der Waals surface area contributed by atoms with E-state index in [1.807, 2.05) is 12.1 Å². The first-order chi connectivity index (χ1) is 10.1. The number of ether oxygens (including phenoxy) is 1. The van der Waals surface area contributed by atoms with Crippen LogP contribution >= 0.6 is 0 Å². The Kier molecular flexibility index (Phi) is 3.79. The van der Waals surface area contributed by atoms with Gasteiger partial charge in [0, 0.05) is 12.1 Å². The number of benzene rings is 1. The molecule has 2 atom stereocenters. The van der Waals surface area contributed by atoms with Gasteiger partial charge in [0.2, 0.25) is 5.95 Å². The summed E-state index contributed by atoms with van der Waals surface area (Å²) in [5.41, 5.74) is 8.31. The van der Waals surface area contributed by atoms with Crippen LogP contribution in [0.4, 0.5) is 5.95 Å². The molecule has 1 aliphatic rings. The summed E-state index contributed by atoms with van der Waals surface area (Å²) < 4.78 is 7.55. The molecular formula is C17H25N3O. The summed E-state index contributed by atoms with van der Waals surface area (Å²) in [5.74, 6) is 2.82. The van der Waals surface area contributed by atoms with Gasteiger partial charge in [0.15, 0.2) is 0 Å². The van der Waals surface area contributed by atoms with Gasteiger partial charge in [-0.05, 0) is 36.8 Å². The lowest BCUT2D eigenvalue weighted by molar-refractivity contribution is 0.189. The zero-order valence-electron chi connectivity index (χ0n) is 13.2. The maximum absolute atomic E-state index is 6.25. The number of aromatic nitrogens is 2. The maximum atomic E-state index is 6.25. The number of anilines is 1. The van der Waals surface area contributed by atoms with Crippen LogP contribution in [0.15, 0.2) is 18.2 Å². The van der Waals surface area contributed by atoms with Gasteiger partial charge in [-0.25, -0.2) is 4.98 Å². The average Bonchev–Trinajstić information content (AvgIpc) is 2.81. The molecule has 21 heavy (non-hydrogen) atoms. The highest BCUT2D eigenvalue weighted by Crippen LogP contribution is 2.41. The molecule has 0 spiro atoms. The monoisotopic (exact) mass is 287 g/mol. The Morgan fingerprint density at radius 1 is 1.29 bits per heavy atom. The smallest absolute Gasteiger partial charge is 0.201 e.